The molecule has 0 atom stereocenters. The topological polar surface area (TPSA) is 20.3 Å². The molecule has 92 valence electrons. The maximum absolute atomic E-state index is 11.6. The SMILES string of the molecule is CN(C)C(=O)Cc1ccc(-c2ccccc2)cc1. The molecule has 2 heteroatoms. The second-order valence-electron chi connectivity index (χ2n) is 4.53. The average molecular weight is 239 g/mol. The molecule has 0 saturated heterocycles. The monoisotopic (exact) mass is 239 g/mol. The smallest absolute Gasteiger partial charge is 0.226 e. The Morgan fingerprint density at radius 2 is 1.44 bits per heavy atom. The summed E-state index contributed by atoms with van der Waals surface area (Å²) in [6, 6.07) is 18.4. The van der Waals surface area contributed by atoms with Crippen LogP contribution < -0.4 is 0 Å². The van der Waals surface area contributed by atoms with Crippen molar-refractivity contribution >= 4 is 5.91 Å². The van der Waals surface area contributed by atoms with Crippen molar-refractivity contribution < 1.29 is 4.79 Å². The summed E-state index contributed by atoms with van der Waals surface area (Å²) in [5.74, 6) is 0.127. The molecule has 0 radical (unpaired) electrons. The van der Waals surface area contributed by atoms with E-state index >= 15 is 0 Å². The van der Waals surface area contributed by atoms with Gasteiger partial charge in [-0.3, -0.25) is 4.79 Å². The van der Waals surface area contributed by atoms with E-state index in [0.717, 1.165) is 5.56 Å². The Kier molecular flexibility index (Phi) is 3.78. The number of hydrogen-bond donors (Lipinski definition) is 0. The average Bonchev–Trinajstić information content (AvgIpc) is 2.40. The second-order valence-corrected chi connectivity index (χ2v) is 4.53. The molecule has 2 rings (SSSR count). The third-order valence-corrected chi connectivity index (χ3v) is 2.92. The van der Waals surface area contributed by atoms with Gasteiger partial charge in [-0.05, 0) is 16.7 Å². The molecule has 0 aromatic heterocycles. The van der Waals surface area contributed by atoms with Gasteiger partial charge in [-0.25, -0.2) is 0 Å². The van der Waals surface area contributed by atoms with Crippen LogP contribution in [-0.2, 0) is 11.2 Å². The molecule has 18 heavy (non-hydrogen) atoms. The van der Waals surface area contributed by atoms with Gasteiger partial charge >= 0.3 is 0 Å². The van der Waals surface area contributed by atoms with Gasteiger partial charge in [0.2, 0.25) is 5.91 Å². The first-order chi connectivity index (χ1) is 8.66. The van der Waals surface area contributed by atoms with Gasteiger partial charge in [-0.2, -0.15) is 0 Å². The van der Waals surface area contributed by atoms with E-state index in [2.05, 4.69) is 24.3 Å². The Morgan fingerprint density at radius 3 is 2.00 bits per heavy atom. The molecule has 0 unspecified atom stereocenters. The maximum atomic E-state index is 11.6. The summed E-state index contributed by atoms with van der Waals surface area (Å²) in [7, 11) is 3.56. The highest BCUT2D eigenvalue weighted by Gasteiger charge is 2.05. The standard InChI is InChI=1S/C16H17NO/c1-17(2)16(18)12-13-8-10-15(11-9-13)14-6-4-3-5-7-14/h3-11H,12H2,1-2H3. The zero-order valence-corrected chi connectivity index (χ0v) is 10.8. The van der Waals surface area contributed by atoms with E-state index in [-0.39, 0.29) is 5.91 Å². The molecule has 2 nitrogen and oxygen atoms in total. The van der Waals surface area contributed by atoms with Gasteiger partial charge in [0, 0.05) is 14.1 Å². The molecule has 1 amide bonds. The van der Waals surface area contributed by atoms with Crippen LogP contribution in [0.15, 0.2) is 54.6 Å². The fraction of sp³-hybridized carbons (Fsp3) is 0.188. The Hall–Kier alpha value is -2.09. The van der Waals surface area contributed by atoms with Crippen molar-refractivity contribution in [1.82, 2.24) is 4.90 Å². The van der Waals surface area contributed by atoms with Gasteiger partial charge in [-0.15, -0.1) is 0 Å². The van der Waals surface area contributed by atoms with Gasteiger partial charge in [0.1, 0.15) is 0 Å². The molecule has 0 fully saturated rings. The minimum atomic E-state index is 0.127. The summed E-state index contributed by atoms with van der Waals surface area (Å²) in [5.41, 5.74) is 3.42. The molecular formula is C16H17NO. The molecule has 0 aliphatic rings. The molecule has 0 saturated carbocycles. The zero-order chi connectivity index (χ0) is 13.0. The van der Waals surface area contributed by atoms with Crippen LogP contribution in [0.25, 0.3) is 11.1 Å². The molecule has 0 bridgehead atoms. The normalized spacial score (nSPS) is 10.1. The Balaban J connectivity index is 2.13. The molecule has 0 aliphatic carbocycles. The summed E-state index contributed by atoms with van der Waals surface area (Å²) in [4.78, 5) is 13.2. The minimum absolute atomic E-state index is 0.127. The number of nitrogens with zero attached hydrogens (tertiary/aromatic N) is 1. The van der Waals surface area contributed by atoms with Crippen LogP contribution in [0.2, 0.25) is 0 Å². The number of amides is 1. The summed E-state index contributed by atoms with van der Waals surface area (Å²) in [6.07, 6.45) is 0.460. The van der Waals surface area contributed by atoms with Gasteiger partial charge in [0.25, 0.3) is 0 Å². The number of benzene rings is 2. The maximum Gasteiger partial charge on any atom is 0.226 e. The Morgan fingerprint density at radius 1 is 0.889 bits per heavy atom. The number of carbonyl (C=O) groups is 1. The van der Waals surface area contributed by atoms with E-state index in [4.69, 9.17) is 0 Å². The highest BCUT2D eigenvalue weighted by atomic mass is 16.2. The lowest BCUT2D eigenvalue weighted by Gasteiger charge is -2.10. The first kappa shape index (κ1) is 12.4. The lowest BCUT2D eigenvalue weighted by molar-refractivity contribution is -0.127. The molecule has 2 aromatic carbocycles. The third kappa shape index (κ3) is 2.98. The highest BCUT2D eigenvalue weighted by Crippen LogP contribution is 2.19. The van der Waals surface area contributed by atoms with E-state index < -0.39 is 0 Å². The summed E-state index contributed by atoms with van der Waals surface area (Å²) < 4.78 is 0. The summed E-state index contributed by atoms with van der Waals surface area (Å²) >= 11 is 0. The van der Waals surface area contributed by atoms with Crippen molar-refractivity contribution in [3.63, 3.8) is 0 Å². The van der Waals surface area contributed by atoms with E-state index in [1.54, 1.807) is 19.0 Å². The second kappa shape index (κ2) is 5.50. The molecule has 0 aliphatic heterocycles. The number of rotatable bonds is 3. The van der Waals surface area contributed by atoms with E-state index in [9.17, 15) is 4.79 Å². The number of likely N-dealkylation sites (N-methyl/N-ethyl adjacent to an activating group) is 1. The van der Waals surface area contributed by atoms with Crippen LogP contribution in [0.4, 0.5) is 0 Å². The fourth-order valence-electron chi connectivity index (χ4n) is 1.78. The quantitative estimate of drug-likeness (QED) is 0.806. The molecule has 0 spiro atoms. The van der Waals surface area contributed by atoms with Crippen molar-refractivity contribution in [2.45, 2.75) is 6.42 Å². The lowest BCUT2D eigenvalue weighted by Crippen LogP contribution is -2.23. The molecule has 0 heterocycles. The number of hydrogen-bond acceptors (Lipinski definition) is 1. The summed E-state index contributed by atoms with van der Waals surface area (Å²) in [5, 5.41) is 0. The predicted octanol–water partition coefficient (Wildman–Crippen LogP) is 2.98. The molecule has 0 N–H and O–H groups in total. The van der Waals surface area contributed by atoms with Crippen LogP contribution in [0.3, 0.4) is 0 Å². The first-order valence-corrected chi connectivity index (χ1v) is 6.01. The zero-order valence-electron chi connectivity index (χ0n) is 10.8. The summed E-state index contributed by atoms with van der Waals surface area (Å²) in [6.45, 7) is 0. The van der Waals surface area contributed by atoms with Gasteiger partial charge in [0.05, 0.1) is 6.42 Å². The Bertz CT molecular complexity index is 515. The lowest BCUT2D eigenvalue weighted by atomic mass is 10.0. The van der Waals surface area contributed by atoms with E-state index in [0.29, 0.717) is 6.42 Å². The van der Waals surface area contributed by atoms with Crippen molar-refractivity contribution in [2.24, 2.45) is 0 Å². The minimum Gasteiger partial charge on any atom is -0.349 e. The van der Waals surface area contributed by atoms with Crippen LogP contribution >= 0.6 is 0 Å². The van der Waals surface area contributed by atoms with Crippen molar-refractivity contribution in [2.75, 3.05) is 14.1 Å². The first-order valence-electron chi connectivity index (χ1n) is 6.01. The predicted molar refractivity (Wildman–Crippen MR) is 74.3 cm³/mol. The number of carbonyl (C=O) groups excluding carboxylic acids is 1. The van der Waals surface area contributed by atoms with Crippen molar-refractivity contribution in [3.05, 3.63) is 60.2 Å². The molecular weight excluding hydrogens is 222 g/mol. The van der Waals surface area contributed by atoms with E-state index in [1.165, 1.54) is 11.1 Å². The third-order valence-electron chi connectivity index (χ3n) is 2.92. The fourth-order valence-corrected chi connectivity index (χ4v) is 1.78. The van der Waals surface area contributed by atoms with Crippen LogP contribution in [0, 0.1) is 0 Å². The molecule has 2 aromatic rings. The van der Waals surface area contributed by atoms with E-state index in [1.807, 2.05) is 30.3 Å². The van der Waals surface area contributed by atoms with Crippen molar-refractivity contribution in [1.29, 1.82) is 0 Å². The Labute approximate surface area is 108 Å². The van der Waals surface area contributed by atoms with Crippen LogP contribution in [0.5, 0.6) is 0 Å². The highest BCUT2D eigenvalue weighted by molar-refractivity contribution is 5.78. The largest absolute Gasteiger partial charge is 0.349 e. The van der Waals surface area contributed by atoms with Crippen LogP contribution in [-0.4, -0.2) is 24.9 Å². The van der Waals surface area contributed by atoms with Gasteiger partial charge in [0.15, 0.2) is 0 Å². The van der Waals surface area contributed by atoms with Crippen molar-refractivity contribution in [3.8, 4) is 11.1 Å². The van der Waals surface area contributed by atoms with Crippen LogP contribution in [0.1, 0.15) is 5.56 Å². The van der Waals surface area contributed by atoms with Gasteiger partial charge in [-0.1, -0.05) is 54.6 Å². The van der Waals surface area contributed by atoms with Gasteiger partial charge < -0.3 is 4.90 Å².